The molecule has 2 unspecified atom stereocenters. The Bertz CT molecular complexity index is 354. The molecule has 0 bridgehead atoms. The summed E-state index contributed by atoms with van der Waals surface area (Å²) in [6.07, 6.45) is -2.56. The fraction of sp³-hybridized carbons (Fsp3) is 1.00. The zero-order chi connectivity index (χ0) is 15.8. The van der Waals surface area contributed by atoms with Crippen molar-refractivity contribution in [1.82, 2.24) is 5.32 Å². The number of thioether (sulfide) groups is 1. The number of aliphatic hydroxyl groups excluding tert-OH is 4. The summed E-state index contributed by atoms with van der Waals surface area (Å²) in [5.41, 5.74) is -0.544. The van der Waals surface area contributed by atoms with Crippen LogP contribution >= 0.6 is 11.8 Å². The maximum absolute atomic E-state index is 10.1. The van der Waals surface area contributed by atoms with Crippen LogP contribution in [0.5, 0.6) is 0 Å². The first kappa shape index (κ1) is 17.5. The predicted octanol–water partition coefficient (Wildman–Crippen LogP) is -0.704. The molecule has 2 rings (SSSR count). The lowest BCUT2D eigenvalue weighted by Crippen LogP contribution is -2.58. The van der Waals surface area contributed by atoms with Crippen molar-refractivity contribution < 1.29 is 25.2 Å². The average molecular weight is 321 g/mol. The van der Waals surface area contributed by atoms with Gasteiger partial charge >= 0.3 is 0 Å². The quantitative estimate of drug-likeness (QED) is 0.466. The molecule has 7 atom stereocenters. The van der Waals surface area contributed by atoms with Crippen molar-refractivity contribution in [3.63, 3.8) is 0 Å². The van der Waals surface area contributed by atoms with Crippen LogP contribution in [0.2, 0.25) is 0 Å². The Labute approximate surface area is 129 Å². The van der Waals surface area contributed by atoms with Crippen molar-refractivity contribution in [2.45, 2.75) is 67.8 Å². The maximum atomic E-state index is 10.1. The Morgan fingerprint density at radius 1 is 1.19 bits per heavy atom. The van der Waals surface area contributed by atoms with Gasteiger partial charge in [0.05, 0.1) is 6.61 Å². The molecule has 0 aromatic heterocycles. The Morgan fingerprint density at radius 3 is 2.38 bits per heavy atom. The fourth-order valence-electron chi connectivity index (χ4n) is 3.23. The van der Waals surface area contributed by atoms with Gasteiger partial charge in [-0.2, -0.15) is 0 Å². The van der Waals surface area contributed by atoms with E-state index in [4.69, 9.17) is 4.74 Å². The predicted molar refractivity (Wildman–Crippen MR) is 81.0 cm³/mol. The SMILES string of the molecule is CNC1CC(S[C@@H]2O[C@H](CO)[C@H](O)[C@H](O)[C@H]2O)C(C)(C)C1. The highest BCUT2D eigenvalue weighted by atomic mass is 32.2. The zero-order valence-electron chi connectivity index (χ0n) is 12.8. The topological polar surface area (TPSA) is 102 Å². The van der Waals surface area contributed by atoms with E-state index in [1.54, 1.807) is 0 Å². The van der Waals surface area contributed by atoms with E-state index in [1.807, 2.05) is 7.05 Å². The molecule has 0 aromatic carbocycles. The minimum Gasteiger partial charge on any atom is -0.394 e. The largest absolute Gasteiger partial charge is 0.394 e. The monoisotopic (exact) mass is 321 g/mol. The molecule has 6 nitrogen and oxygen atoms in total. The lowest BCUT2D eigenvalue weighted by molar-refractivity contribution is -0.205. The third-order valence-electron chi connectivity index (χ3n) is 4.70. The standard InChI is InChI=1S/C14H27NO5S/c1-14(2)5-7(15-3)4-9(14)21-13-12(19)11(18)10(17)8(6-16)20-13/h7-13,15-19H,4-6H2,1-3H3/t7?,8-,9?,10+,11+,12-,13+/m1/s1. The summed E-state index contributed by atoms with van der Waals surface area (Å²) in [4.78, 5) is 0. The number of aliphatic hydroxyl groups is 4. The van der Waals surface area contributed by atoms with Crippen LogP contribution in [-0.2, 0) is 4.74 Å². The van der Waals surface area contributed by atoms with Gasteiger partial charge in [0, 0.05) is 11.3 Å². The first-order chi connectivity index (χ1) is 9.80. The van der Waals surface area contributed by atoms with Crippen molar-refractivity contribution in [3.8, 4) is 0 Å². The van der Waals surface area contributed by atoms with E-state index in [2.05, 4.69) is 19.2 Å². The van der Waals surface area contributed by atoms with Crippen LogP contribution in [0.1, 0.15) is 26.7 Å². The molecule has 2 fully saturated rings. The van der Waals surface area contributed by atoms with Gasteiger partial charge in [0.15, 0.2) is 0 Å². The molecule has 7 heteroatoms. The number of rotatable bonds is 4. The van der Waals surface area contributed by atoms with E-state index < -0.39 is 29.9 Å². The molecular weight excluding hydrogens is 294 g/mol. The van der Waals surface area contributed by atoms with E-state index in [9.17, 15) is 20.4 Å². The van der Waals surface area contributed by atoms with Gasteiger partial charge in [-0.25, -0.2) is 0 Å². The molecule has 0 spiro atoms. The lowest BCUT2D eigenvalue weighted by Gasteiger charge is -2.41. The van der Waals surface area contributed by atoms with Crippen molar-refractivity contribution in [2.75, 3.05) is 13.7 Å². The summed E-state index contributed by atoms with van der Waals surface area (Å²) in [6, 6.07) is 0.433. The molecule has 1 saturated heterocycles. The molecule has 1 heterocycles. The van der Waals surface area contributed by atoms with Gasteiger partial charge < -0.3 is 30.5 Å². The second-order valence-electron chi connectivity index (χ2n) is 6.74. The van der Waals surface area contributed by atoms with Crippen molar-refractivity contribution in [1.29, 1.82) is 0 Å². The molecular formula is C14H27NO5S. The van der Waals surface area contributed by atoms with Crippen LogP contribution in [0, 0.1) is 5.41 Å². The minimum atomic E-state index is -1.29. The Morgan fingerprint density at radius 2 is 1.86 bits per heavy atom. The molecule has 1 aliphatic carbocycles. The molecule has 0 aromatic rings. The summed E-state index contributed by atoms with van der Waals surface area (Å²) >= 11 is 1.49. The molecule has 21 heavy (non-hydrogen) atoms. The van der Waals surface area contributed by atoms with Crippen LogP contribution in [0.15, 0.2) is 0 Å². The highest BCUT2D eigenvalue weighted by Crippen LogP contribution is 2.47. The van der Waals surface area contributed by atoms with E-state index in [0.717, 1.165) is 12.8 Å². The van der Waals surface area contributed by atoms with Crippen LogP contribution in [0.3, 0.4) is 0 Å². The van der Waals surface area contributed by atoms with E-state index >= 15 is 0 Å². The third-order valence-corrected chi connectivity index (χ3v) is 6.52. The molecule has 1 saturated carbocycles. The smallest absolute Gasteiger partial charge is 0.132 e. The number of ether oxygens (including phenoxy) is 1. The molecule has 2 aliphatic rings. The molecule has 124 valence electrons. The van der Waals surface area contributed by atoms with Gasteiger partial charge in [-0.15, -0.1) is 11.8 Å². The summed E-state index contributed by atoms with van der Waals surface area (Å²) in [5, 5.41) is 42.6. The highest BCUT2D eigenvalue weighted by Gasteiger charge is 2.48. The number of hydrogen-bond acceptors (Lipinski definition) is 7. The van der Waals surface area contributed by atoms with E-state index in [1.165, 1.54) is 11.8 Å². The maximum Gasteiger partial charge on any atom is 0.132 e. The minimum absolute atomic E-state index is 0.0944. The Kier molecular flexibility index (Phi) is 5.57. The normalized spacial score (nSPS) is 46.7. The first-order valence-electron chi connectivity index (χ1n) is 7.43. The summed E-state index contributed by atoms with van der Waals surface area (Å²) in [5.74, 6) is 0. The third kappa shape index (κ3) is 3.55. The number of nitrogens with one attached hydrogen (secondary N) is 1. The van der Waals surface area contributed by atoms with Gasteiger partial charge in [-0.05, 0) is 25.3 Å². The van der Waals surface area contributed by atoms with Crippen molar-refractivity contribution in [2.24, 2.45) is 5.41 Å². The second kappa shape index (κ2) is 6.70. The summed E-state index contributed by atoms with van der Waals surface area (Å²) in [7, 11) is 1.95. The highest BCUT2D eigenvalue weighted by molar-refractivity contribution is 8.00. The van der Waals surface area contributed by atoms with Crippen molar-refractivity contribution >= 4 is 11.8 Å². The van der Waals surface area contributed by atoms with Crippen LogP contribution < -0.4 is 5.32 Å². The van der Waals surface area contributed by atoms with Gasteiger partial charge in [0.1, 0.15) is 29.9 Å². The second-order valence-corrected chi connectivity index (χ2v) is 8.04. The van der Waals surface area contributed by atoms with E-state index in [0.29, 0.717) is 6.04 Å². The van der Waals surface area contributed by atoms with Gasteiger partial charge in [0.25, 0.3) is 0 Å². The fourth-order valence-corrected chi connectivity index (χ4v) is 4.89. The molecule has 0 amide bonds. The molecule has 1 aliphatic heterocycles. The Balaban J connectivity index is 2.04. The zero-order valence-corrected chi connectivity index (χ0v) is 13.6. The van der Waals surface area contributed by atoms with Gasteiger partial charge in [-0.1, -0.05) is 13.8 Å². The average Bonchev–Trinajstić information content (AvgIpc) is 2.74. The Hall–Kier alpha value is 0.110. The molecule has 5 N–H and O–H groups in total. The van der Waals surface area contributed by atoms with Gasteiger partial charge in [0.2, 0.25) is 0 Å². The first-order valence-corrected chi connectivity index (χ1v) is 8.37. The summed E-state index contributed by atoms with van der Waals surface area (Å²) in [6.45, 7) is 3.99. The van der Waals surface area contributed by atoms with Crippen LogP contribution in [0.25, 0.3) is 0 Å². The van der Waals surface area contributed by atoms with E-state index in [-0.39, 0.29) is 17.3 Å². The van der Waals surface area contributed by atoms with Crippen molar-refractivity contribution in [3.05, 3.63) is 0 Å². The lowest BCUT2D eigenvalue weighted by atomic mass is 9.91. The van der Waals surface area contributed by atoms with Gasteiger partial charge in [-0.3, -0.25) is 0 Å². The molecule has 0 radical (unpaired) electrons. The van der Waals surface area contributed by atoms with Crippen LogP contribution in [-0.4, -0.2) is 75.2 Å². The summed E-state index contributed by atoms with van der Waals surface area (Å²) < 4.78 is 5.59. The van der Waals surface area contributed by atoms with Crippen LogP contribution in [0.4, 0.5) is 0 Å². The number of hydrogen-bond donors (Lipinski definition) is 5.